The van der Waals surface area contributed by atoms with Gasteiger partial charge in [0.15, 0.2) is 6.61 Å². The van der Waals surface area contributed by atoms with Gasteiger partial charge in [-0.05, 0) is 31.2 Å². The number of aryl methyl sites for hydroxylation is 1. The molecule has 3 rings (SSSR count). The Labute approximate surface area is 146 Å². The Morgan fingerprint density at radius 2 is 1.80 bits per heavy atom. The highest BCUT2D eigenvalue weighted by molar-refractivity contribution is 5.77. The molecule has 0 N–H and O–H groups in total. The van der Waals surface area contributed by atoms with Gasteiger partial charge in [0.25, 0.3) is 5.91 Å². The van der Waals surface area contributed by atoms with E-state index >= 15 is 0 Å². The molecule has 25 heavy (non-hydrogen) atoms. The summed E-state index contributed by atoms with van der Waals surface area (Å²) in [4.78, 5) is 13.6. The second kappa shape index (κ2) is 7.61. The van der Waals surface area contributed by atoms with E-state index in [2.05, 4.69) is 10.2 Å². The quantitative estimate of drug-likeness (QED) is 0.691. The Morgan fingerprint density at radius 3 is 2.52 bits per heavy atom. The summed E-state index contributed by atoms with van der Waals surface area (Å²) >= 11 is 0. The molecule has 0 bridgehead atoms. The minimum absolute atomic E-state index is 0.0422. The minimum Gasteiger partial charge on any atom is -0.484 e. The third kappa shape index (κ3) is 4.44. The van der Waals surface area contributed by atoms with E-state index in [1.807, 2.05) is 49.4 Å². The van der Waals surface area contributed by atoms with E-state index in [1.165, 1.54) is 4.90 Å². The summed E-state index contributed by atoms with van der Waals surface area (Å²) < 4.78 is 11.1. The standard InChI is InChI=1S/C19H19N3O3/c1-14-8-10-15(11-9-14)19-21-20-17(25-19)12-22(2)18(23)13-24-16-6-4-3-5-7-16/h3-11H,12-13H2,1-2H3. The van der Waals surface area contributed by atoms with E-state index in [9.17, 15) is 4.79 Å². The number of hydrogen-bond donors (Lipinski definition) is 0. The highest BCUT2D eigenvalue weighted by atomic mass is 16.5. The SMILES string of the molecule is Cc1ccc(-c2nnc(CN(C)C(=O)COc3ccccc3)o2)cc1. The lowest BCUT2D eigenvalue weighted by atomic mass is 10.1. The average molecular weight is 337 g/mol. The number of hydrogen-bond acceptors (Lipinski definition) is 5. The number of para-hydroxylation sites is 1. The maximum atomic E-state index is 12.1. The van der Waals surface area contributed by atoms with Crippen molar-refractivity contribution < 1.29 is 13.9 Å². The molecule has 0 unspecified atom stereocenters. The number of rotatable bonds is 6. The van der Waals surface area contributed by atoms with Crippen LogP contribution >= 0.6 is 0 Å². The Morgan fingerprint density at radius 1 is 1.08 bits per heavy atom. The summed E-state index contributed by atoms with van der Waals surface area (Å²) in [6, 6.07) is 17.0. The smallest absolute Gasteiger partial charge is 0.260 e. The number of carbonyl (C=O) groups excluding carboxylic acids is 1. The number of carbonyl (C=O) groups is 1. The monoisotopic (exact) mass is 337 g/mol. The molecule has 0 saturated heterocycles. The lowest BCUT2D eigenvalue weighted by Gasteiger charge is -2.15. The van der Waals surface area contributed by atoms with Crippen LogP contribution in [-0.2, 0) is 11.3 Å². The molecule has 0 spiro atoms. The third-order valence-corrected chi connectivity index (χ3v) is 3.67. The number of aromatic nitrogens is 2. The molecule has 0 atom stereocenters. The molecule has 1 amide bonds. The van der Waals surface area contributed by atoms with Gasteiger partial charge in [-0.1, -0.05) is 35.9 Å². The largest absolute Gasteiger partial charge is 0.484 e. The Balaban J connectivity index is 1.56. The fourth-order valence-corrected chi connectivity index (χ4v) is 2.19. The van der Waals surface area contributed by atoms with Crippen molar-refractivity contribution >= 4 is 5.91 Å². The molecule has 0 fully saturated rings. The molecule has 6 nitrogen and oxygen atoms in total. The topological polar surface area (TPSA) is 68.5 Å². The van der Waals surface area contributed by atoms with Gasteiger partial charge in [0.1, 0.15) is 5.75 Å². The van der Waals surface area contributed by atoms with Crippen LogP contribution < -0.4 is 4.74 Å². The molecule has 6 heteroatoms. The second-order valence-electron chi connectivity index (χ2n) is 5.72. The van der Waals surface area contributed by atoms with Crippen LogP contribution in [0.1, 0.15) is 11.5 Å². The van der Waals surface area contributed by atoms with Crippen molar-refractivity contribution in [1.82, 2.24) is 15.1 Å². The van der Waals surface area contributed by atoms with Crippen molar-refractivity contribution in [2.24, 2.45) is 0 Å². The molecule has 0 aliphatic heterocycles. The molecular formula is C19H19N3O3. The molecular weight excluding hydrogens is 318 g/mol. The predicted molar refractivity (Wildman–Crippen MR) is 92.9 cm³/mol. The first-order valence-corrected chi connectivity index (χ1v) is 7.93. The average Bonchev–Trinajstić information content (AvgIpc) is 3.09. The van der Waals surface area contributed by atoms with Crippen LogP contribution in [0, 0.1) is 6.92 Å². The predicted octanol–water partition coefficient (Wildman–Crippen LogP) is 3.08. The van der Waals surface area contributed by atoms with Crippen LogP contribution in [0.2, 0.25) is 0 Å². The highest BCUT2D eigenvalue weighted by Gasteiger charge is 2.15. The van der Waals surface area contributed by atoms with Gasteiger partial charge in [0, 0.05) is 12.6 Å². The summed E-state index contributed by atoms with van der Waals surface area (Å²) in [7, 11) is 1.67. The van der Waals surface area contributed by atoms with Crippen LogP contribution in [0.5, 0.6) is 5.75 Å². The first-order valence-electron chi connectivity index (χ1n) is 7.93. The molecule has 3 aromatic rings. The molecule has 128 valence electrons. The van der Waals surface area contributed by atoms with Crippen molar-refractivity contribution in [3.05, 3.63) is 66.1 Å². The molecule has 2 aromatic carbocycles. The zero-order chi connectivity index (χ0) is 17.6. The fourth-order valence-electron chi connectivity index (χ4n) is 2.19. The van der Waals surface area contributed by atoms with Gasteiger partial charge >= 0.3 is 0 Å². The molecule has 1 heterocycles. The maximum absolute atomic E-state index is 12.1. The normalized spacial score (nSPS) is 10.5. The first kappa shape index (κ1) is 16.7. The van der Waals surface area contributed by atoms with Crippen molar-refractivity contribution in [1.29, 1.82) is 0 Å². The van der Waals surface area contributed by atoms with E-state index in [0.717, 1.165) is 11.1 Å². The summed E-state index contributed by atoms with van der Waals surface area (Å²) in [5, 5.41) is 8.04. The van der Waals surface area contributed by atoms with Crippen molar-refractivity contribution in [3.8, 4) is 17.2 Å². The number of amides is 1. The van der Waals surface area contributed by atoms with Crippen LogP contribution in [-0.4, -0.2) is 34.7 Å². The summed E-state index contributed by atoms with van der Waals surface area (Å²) in [6.07, 6.45) is 0. The first-order chi connectivity index (χ1) is 12.1. The van der Waals surface area contributed by atoms with E-state index in [1.54, 1.807) is 19.2 Å². The number of likely N-dealkylation sites (N-methyl/N-ethyl adjacent to an activating group) is 1. The van der Waals surface area contributed by atoms with Gasteiger partial charge < -0.3 is 14.1 Å². The van der Waals surface area contributed by atoms with E-state index in [0.29, 0.717) is 17.5 Å². The van der Waals surface area contributed by atoms with Gasteiger partial charge in [0.05, 0.1) is 6.54 Å². The molecule has 1 aromatic heterocycles. The summed E-state index contributed by atoms with van der Waals surface area (Å²) in [6.45, 7) is 2.20. The molecule has 0 aliphatic rings. The lowest BCUT2D eigenvalue weighted by Crippen LogP contribution is -2.31. The number of nitrogens with zero attached hydrogens (tertiary/aromatic N) is 3. The fraction of sp³-hybridized carbons (Fsp3) is 0.211. The number of benzene rings is 2. The molecule has 0 radical (unpaired) electrons. The minimum atomic E-state index is -0.168. The molecule has 0 saturated carbocycles. The van der Waals surface area contributed by atoms with Crippen LogP contribution in [0.3, 0.4) is 0 Å². The van der Waals surface area contributed by atoms with Crippen LogP contribution in [0.25, 0.3) is 11.5 Å². The van der Waals surface area contributed by atoms with Crippen LogP contribution in [0.4, 0.5) is 0 Å². The Bertz CT molecular complexity index is 829. The van der Waals surface area contributed by atoms with E-state index < -0.39 is 0 Å². The highest BCUT2D eigenvalue weighted by Crippen LogP contribution is 2.18. The van der Waals surface area contributed by atoms with Crippen molar-refractivity contribution in [2.45, 2.75) is 13.5 Å². The lowest BCUT2D eigenvalue weighted by molar-refractivity contribution is -0.132. The maximum Gasteiger partial charge on any atom is 0.260 e. The van der Waals surface area contributed by atoms with Crippen molar-refractivity contribution in [3.63, 3.8) is 0 Å². The second-order valence-corrected chi connectivity index (χ2v) is 5.72. The summed E-state index contributed by atoms with van der Waals surface area (Å²) in [5.74, 6) is 1.31. The van der Waals surface area contributed by atoms with Crippen molar-refractivity contribution in [2.75, 3.05) is 13.7 Å². The third-order valence-electron chi connectivity index (χ3n) is 3.67. The van der Waals surface area contributed by atoms with Gasteiger partial charge in [0.2, 0.25) is 11.8 Å². The molecule has 0 aliphatic carbocycles. The zero-order valence-corrected chi connectivity index (χ0v) is 14.2. The summed E-state index contributed by atoms with van der Waals surface area (Å²) in [5.41, 5.74) is 2.01. The van der Waals surface area contributed by atoms with E-state index in [4.69, 9.17) is 9.15 Å². The van der Waals surface area contributed by atoms with Crippen LogP contribution in [0.15, 0.2) is 59.0 Å². The van der Waals surface area contributed by atoms with E-state index in [-0.39, 0.29) is 19.1 Å². The van der Waals surface area contributed by atoms with Gasteiger partial charge in [-0.25, -0.2) is 0 Å². The Kier molecular flexibility index (Phi) is 5.09. The zero-order valence-electron chi connectivity index (χ0n) is 14.2. The Hall–Kier alpha value is -3.15. The van der Waals surface area contributed by atoms with Gasteiger partial charge in [-0.15, -0.1) is 10.2 Å². The number of ether oxygens (including phenoxy) is 1. The van der Waals surface area contributed by atoms with Gasteiger partial charge in [-0.2, -0.15) is 0 Å². The van der Waals surface area contributed by atoms with Gasteiger partial charge in [-0.3, -0.25) is 4.79 Å².